The molecule has 0 heterocycles. The van der Waals surface area contributed by atoms with E-state index in [1.54, 1.807) is 0 Å². The summed E-state index contributed by atoms with van der Waals surface area (Å²) in [6.45, 7) is 4.30. The molecule has 0 aliphatic heterocycles. The van der Waals surface area contributed by atoms with E-state index in [1.165, 1.54) is 11.1 Å². The molecule has 2 rings (SSSR count). The first-order chi connectivity index (χ1) is 10.0. The Labute approximate surface area is 132 Å². The third-order valence-corrected chi connectivity index (χ3v) is 3.96. The SMILES string of the molecule is CCC(Nc1cccc(Cl)c1N(C)C)c1ccc(C)cc1. The topological polar surface area (TPSA) is 15.3 Å². The Morgan fingerprint density at radius 2 is 1.76 bits per heavy atom. The average Bonchev–Trinajstić information content (AvgIpc) is 2.45. The van der Waals surface area contributed by atoms with Crippen LogP contribution in [0.15, 0.2) is 42.5 Å². The summed E-state index contributed by atoms with van der Waals surface area (Å²) in [5.41, 5.74) is 4.68. The van der Waals surface area contributed by atoms with E-state index in [-0.39, 0.29) is 6.04 Å². The fraction of sp³-hybridized carbons (Fsp3) is 0.333. The summed E-state index contributed by atoms with van der Waals surface area (Å²) >= 11 is 6.34. The molecule has 0 amide bonds. The number of rotatable bonds is 5. The Bertz CT molecular complexity index is 591. The maximum absolute atomic E-state index is 6.34. The fourth-order valence-corrected chi connectivity index (χ4v) is 2.84. The number of para-hydroxylation sites is 1. The van der Waals surface area contributed by atoms with Crippen molar-refractivity contribution in [1.82, 2.24) is 0 Å². The van der Waals surface area contributed by atoms with Crippen molar-refractivity contribution in [3.63, 3.8) is 0 Å². The number of nitrogens with zero attached hydrogens (tertiary/aromatic N) is 1. The van der Waals surface area contributed by atoms with Crippen LogP contribution < -0.4 is 10.2 Å². The molecule has 1 unspecified atom stereocenters. The van der Waals surface area contributed by atoms with Gasteiger partial charge >= 0.3 is 0 Å². The van der Waals surface area contributed by atoms with Crippen molar-refractivity contribution >= 4 is 23.0 Å². The summed E-state index contributed by atoms with van der Waals surface area (Å²) in [6.07, 6.45) is 1.02. The number of anilines is 2. The first-order valence-corrected chi connectivity index (χ1v) is 7.69. The van der Waals surface area contributed by atoms with Gasteiger partial charge in [0.05, 0.1) is 22.4 Å². The summed E-state index contributed by atoms with van der Waals surface area (Å²) in [5, 5.41) is 4.40. The van der Waals surface area contributed by atoms with Gasteiger partial charge < -0.3 is 10.2 Å². The van der Waals surface area contributed by atoms with Crippen LogP contribution in [0.5, 0.6) is 0 Å². The van der Waals surface area contributed by atoms with Crippen molar-refractivity contribution in [2.45, 2.75) is 26.3 Å². The van der Waals surface area contributed by atoms with Gasteiger partial charge in [0.15, 0.2) is 0 Å². The lowest BCUT2D eigenvalue weighted by atomic mass is 10.0. The summed E-state index contributed by atoms with van der Waals surface area (Å²) < 4.78 is 0. The molecule has 2 aromatic carbocycles. The van der Waals surface area contributed by atoms with E-state index < -0.39 is 0 Å². The molecule has 1 atom stereocenters. The van der Waals surface area contributed by atoms with Crippen LogP contribution >= 0.6 is 11.6 Å². The van der Waals surface area contributed by atoms with Crippen molar-refractivity contribution in [3.8, 4) is 0 Å². The minimum Gasteiger partial charge on any atom is -0.377 e. The zero-order valence-corrected chi connectivity index (χ0v) is 13.9. The Morgan fingerprint density at radius 3 is 2.33 bits per heavy atom. The molecule has 3 heteroatoms. The van der Waals surface area contributed by atoms with Gasteiger partial charge in [-0.2, -0.15) is 0 Å². The van der Waals surface area contributed by atoms with Gasteiger partial charge in [-0.3, -0.25) is 0 Å². The molecule has 1 N–H and O–H groups in total. The summed E-state index contributed by atoms with van der Waals surface area (Å²) in [5.74, 6) is 0. The highest BCUT2D eigenvalue weighted by atomic mass is 35.5. The molecular formula is C18H23ClN2. The van der Waals surface area contributed by atoms with Gasteiger partial charge in [-0.25, -0.2) is 0 Å². The second kappa shape index (κ2) is 6.86. The van der Waals surface area contributed by atoms with Crippen LogP contribution in [0, 0.1) is 6.92 Å². The molecule has 0 radical (unpaired) electrons. The summed E-state index contributed by atoms with van der Waals surface area (Å²) in [7, 11) is 4.03. The summed E-state index contributed by atoms with van der Waals surface area (Å²) in [4.78, 5) is 2.05. The second-order valence-corrected chi connectivity index (χ2v) is 5.95. The first-order valence-electron chi connectivity index (χ1n) is 7.32. The smallest absolute Gasteiger partial charge is 0.0786 e. The van der Waals surface area contributed by atoms with Gasteiger partial charge in [-0.15, -0.1) is 0 Å². The Balaban J connectivity index is 2.31. The fourth-order valence-electron chi connectivity index (χ4n) is 2.49. The molecule has 0 saturated carbocycles. The minimum atomic E-state index is 0.280. The van der Waals surface area contributed by atoms with Gasteiger partial charge in [0, 0.05) is 14.1 Å². The van der Waals surface area contributed by atoms with Crippen molar-refractivity contribution in [3.05, 3.63) is 58.6 Å². The predicted molar refractivity (Wildman–Crippen MR) is 93.6 cm³/mol. The Hall–Kier alpha value is -1.67. The molecule has 2 nitrogen and oxygen atoms in total. The lowest BCUT2D eigenvalue weighted by Crippen LogP contribution is -2.15. The Morgan fingerprint density at radius 1 is 1.10 bits per heavy atom. The molecule has 21 heavy (non-hydrogen) atoms. The molecule has 112 valence electrons. The van der Waals surface area contributed by atoms with Gasteiger partial charge in [0.2, 0.25) is 0 Å². The molecule has 0 spiro atoms. The number of benzene rings is 2. The highest BCUT2D eigenvalue weighted by molar-refractivity contribution is 6.34. The van der Waals surface area contributed by atoms with Gasteiger partial charge in [0.25, 0.3) is 0 Å². The van der Waals surface area contributed by atoms with Crippen molar-refractivity contribution in [2.75, 3.05) is 24.3 Å². The van der Waals surface area contributed by atoms with Crippen LogP contribution in [0.1, 0.15) is 30.5 Å². The van der Waals surface area contributed by atoms with E-state index in [0.717, 1.165) is 22.8 Å². The predicted octanol–water partition coefficient (Wildman–Crippen LogP) is 5.28. The molecular weight excluding hydrogens is 280 g/mol. The van der Waals surface area contributed by atoms with Crippen LogP contribution in [0.25, 0.3) is 0 Å². The quantitative estimate of drug-likeness (QED) is 0.808. The monoisotopic (exact) mass is 302 g/mol. The van der Waals surface area contributed by atoms with E-state index in [4.69, 9.17) is 11.6 Å². The molecule has 0 saturated heterocycles. The summed E-state index contributed by atoms with van der Waals surface area (Å²) in [6, 6.07) is 15.0. The van der Waals surface area contributed by atoms with Crippen molar-refractivity contribution in [1.29, 1.82) is 0 Å². The number of nitrogens with one attached hydrogen (secondary N) is 1. The van der Waals surface area contributed by atoms with E-state index >= 15 is 0 Å². The van der Waals surface area contributed by atoms with Crippen LogP contribution in [-0.2, 0) is 0 Å². The standard InChI is InChI=1S/C18H23ClN2/c1-5-16(14-11-9-13(2)10-12-14)20-17-8-6-7-15(19)18(17)21(3)4/h6-12,16,20H,5H2,1-4H3. The number of hydrogen-bond acceptors (Lipinski definition) is 2. The van der Waals surface area contributed by atoms with Crippen molar-refractivity contribution < 1.29 is 0 Å². The third kappa shape index (κ3) is 3.70. The maximum Gasteiger partial charge on any atom is 0.0786 e. The molecule has 0 aliphatic carbocycles. The van der Waals surface area contributed by atoms with E-state index in [9.17, 15) is 0 Å². The number of hydrogen-bond donors (Lipinski definition) is 1. The average molecular weight is 303 g/mol. The number of aryl methyl sites for hydroxylation is 1. The molecule has 0 fully saturated rings. The molecule has 0 bridgehead atoms. The van der Waals surface area contributed by atoms with Gasteiger partial charge in [-0.05, 0) is 31.0 Å². The van der Waals surface area contributed by atoms with Crippen LogP contribution in [0.2, 0.25) is 5.02 Å². The van der Waals surface area contributed by atoms with Gasteiger partial charge in [0.1, 0.15) is 0 Å². The van der Waals surface area contributed by atoms with E-state index in [2.05, 4.69) is 49.5 Å². The van der Waals surface area contributed by atoms with Crippen molar-refractivity contribution in [2.24, 2.45) is 0 Å². The third-order valence-electron chi connectivity index (χ3n) is 3.65. The van der Waals surface area contributed by atoms with Crippen LogP contribution in [-0.4, -0.2) is 14.1 Å². The minimum absolute atomic E-state index is 0.280. The van der Waals surface area contributed by atoms with E-state index in [1.807, 2.05) is 31.1 Å². The first kappa shape index (κ1) is 15.7. The Kier molecular flexibility index (Phi) is 5.13. The maximum atomic E-state index is 6.34. The second-order valence-electron chi connectivity index (χ2n) is 5.55. The highest BCUT2D eigenvalue weighted by Gasteiger charge is 2.14. The number of halogens is 1. The van der Waals surface area contributed by atoms with Crippen LogP contribution in [0.3, 0.4) is 0 Å². The zero-order valence-electron chi connectivity index (χ0n) is 13.2. The molecule has 0 aromatic heterocycles. The highest BCUT2D eigenvalue weighted by Crippen LogP contribution is 2.35. The molecule has 2 aromatic rings. The lowest BCUT2D eigenvalue weighted by Gasteiger charge is -2.24. The lowest BCUT2D eigenvalue weighted by molar-refractivity contribution is 0.749. The largest absolute Gasteiger partial charge is 0.377 e. The normalized spacial score (nSPS) is 12.0. The van der Waals surface area contributed by atoms with Gasteiger partial charge in [-0.1, -0.05) is 54.4 Å². The molecule has 0 aliphatic rings. The van der Waals surface area contributed by atoms with E-state index in [0.29, 0.717) is 0 Å². The van der Waals surface area contributed by atoms with Crippen LogP contribution in [0.4, 0.5) is 11.4 Å². The zero-order chi connectivity index (χ0) is 15.4.